The summed E-state index contributed by atoms with van der Waals surface area (Å²) in [4.78, 5) is 27.8. The molecule has 1 fully saturated rings. The van der Waals surface area contributed by atoms with Gasteiger partial charge in [0.15, 0.2) is 0 Å². The molecule has 1 unspecified atom stereocenters. The van der Waals surface area contributed by atoms with Crippen LogP contribution in [0.5, 0.6) is 5.88 Å². The molecule has 1 atom stereocenters. The van der Waals surface area contributed by atoms with Gasteiger partial charge in [-0.15, -0.1) is 0 Å². The van der Waals surface area contributed by atoms with E-state index in [4.69, 9.17) is 0 Å². The fourth-order valence-corrected chi connectivity index (χ4v) is 5.46. The summed E-state index contributed by atoms with van der Waals surface area (Å²) in [5.41, 5.74) is 1.95. The summed E-state index contributed by atoms with van der Waals surface area (Å²) in [5.74, 6) is -0.507. The minimum Gasteiger partial charge on any atom is -0.460 e. The zero-order valence-electron chi connectivity index (χ0n) is 20.8. The molecular weight excluding hydrogens is 588 g/mol. The molecule has 2 N–H and O–H groups in total. The lowest BCUT2D eigenvalue weighted by Crippen LogP contribution is -2.43. The zero-order valence-corrected chi connectivity index (χ0v) is 23.0. The summed E-state index contributed by atoms with van der Waals surface area (Å²) in [6.45, 7) is 3.36. The first-order chi connectivity index (χ1) is 17.6. The Bertz CT molecular complexity index is 1670. The van der Waals surface area contributed by atoms with Crippen molar-refractivity contribution in [2.45, 2.75) is 51.7 Å². The molecular formula is C28H28FIN3O4+. The standard InChI is InChI=1S/C28H27FIN3O4/c1-15(34)11-17-5-4-6-21(12-17)32-25-16(2)26(35)31(3)23(13-18-7-8-19(30)14-22(18)29)24(25)27(36)33(28(32)37)20-9-10-20/h4-8,12,14-15,20,34H,9-11,13H2,1-3H3/p+1. The average molecular weight is 616 g/mol. The molecule has 1 aliphatic carbocycles. The van der Waals surface area contributed by atoms with Gasteiger partial charge in [-0.3, -0.25) is 13.9 Å². The van der Waals surface area contributed by atoms with E-state index in [1.165, 1.54) is 19.8 Å². The molecule has 0 amide bonds. The molecule has 4 aromatic rings. The van der Waals surface area contributed by atoms with Gasteiger partial charge in [-0.25, -0.2) is 9.18 Å². The summed E-state index contributed by atoms with van der Waals surface area (Å²) >= 11 is 2.04. The van der Waals surface area contributed by atoms with Crippen molar-refractivity contribution in [3.05, 3.63) is 95.1 Å². The van der Waals surface area contributed by atoms with E-state index in [1.54, 1.807) is 45.2 Å². The van der Waals surface area contributed by atoms with E-state index in [1.807, 2.05) is 34.7 Å². The van der Waals surface area contributed by atoms with Crippen molar-refractivity contribution in [3.63, 3.8) is 0 Å². The van der Waals surface area contributed by atoms with Crippen molar-refractivity contribution in [3.8, 4) is 11.6 Å². The number of rotatable bonds is 6. The molecule has 37 heavy (non-hydrogen) atoms. The van der Waals surface area contributed by atoms with Gasteiger partial charge in [0.1, 0.15) is 18.3 Å². The minimum atomic E-state index is -0.565. The van der Waals surface area contributed by atoms with Gasteiger partial charge < -0.3 is 10.2 Å². The average Bonchev–Trinajstić information content (AvgIpc) is 3.67. The summed E-state index contributed by atoms with van der Waals surface area (Å²) < 4.78 is 19.9. The maximum absolute atomic E-state index is 14.9. The lowest BCUT2D eigenvalue weighted by atomic mass is 10.0. The van der Waals surface area contributed by atoms with E-state index in [0.717, 1.165) is 22.0 Å². The topological polar surface area (TPSA) is 88.3 Å². The molecule has 0 radical (unpaired) electrons. The molecule has 9 heteroatoms. The van der Waals surface area contributed by atoms with Gasteiger partial charge in [0.05, 0.1) is 29.3 Å². The molecule has 1 aliphatic rings. The molecule has 2 aromatic heterocycles. The minimum absolute atomic E-state index is 0.0593. The predicted octanol–water partition coefficient (Wildman–Crippen LogP) is 3.58. The molecule has 192 valence electrons. The Morgan fingerprint density at radius 3 is 2.57 bits per heavy atom. The van der Waals surface area contributed by atoms with Crippen LogP contribution >= 0.6 is 22.6 Å². The van der Waals surface area contributed by atoms with E-state index >= 15 is 0 Å². The van der Waals surface area contributed by atoms with Crippen molar-refractivity contribution in [2.24, 2.45) is 7.05 Å². The van der Waals surface area contributed by atoms with Gasteiger partial charge >= 0.3 is 11.6 Å². The summed E-state index contributed by atoms with van der Waals surface area (Å²) in [6, 6.07) is 12.0. The van der Waals surface area contributed by atoms with Gasteiger partial charge in [0, 0.05) is 9.61 Å². The summed E-state index contributed by atoms with van der Waals surface area (Å²) in [7, 11) is 1.64. The number of aromatic hydroxyl groups is 1. The van der Waals surface area contributed by atoms with Crippen molar-refractivity contribution >= 4 is 33.5 Å². The number of nitrogens with zero attached hydrogens (tertiary/aromatic N) is 3. The highest BCUT2D eigenvalue weighted by molar-refractivity contribution is 14.1. The Kier molecular flexibility index (Phi) is 6.70. The maximum atomic E-state index is 14.9. The SMILES string of the molecule is Cc1c(O)[n+](C)c(Cc2ccc(I)cc2F)c2c(=O)n(C3CC3)c(=O)n(-c3cccc(CC(C)O)c3)c12. The van der Waals surface area contributed by atoms with Crippen molar-refractivity contribution in [2.75, 3.05) is 0 Å². The summed E-state index contributed by atoms with van der Waals surface area (Å²) in [6.07, 6.45) is 1.35. The van der Waals surface area contributed by atoms with Crippen LogP contribution < -0.4 is 15.8 Å². The van der Waals surface area contributed by atoms with Crippen LogP contribution in [0, 0.1) is 16.3 Å². The zero-order chi connectivity index (χ0) is 26.6. The number of benzene rings is 2. The van der Waals surface area contributed by atoms with Crippen LogP contribution in [0.1, 0.15) is 48.2 Å². The highest BCUT2D eigenvalue weighted by Gasteiger charge is 2.34. The molecule has 0 aliphatic heterocycles. The van der Waals surface area contributed by atoms with Gasteiger partial charge in [0.2, 0.25) is 5.69 Å². The van der Waals surface area contributed by atoms with Crippen LogP contribution in [0.2, 0.25) is 0 Å². The highest BCUT2D eigenvalue weighted by Crippen LogP contribution is 2.34. The molecule has 0 bridgehead atoms. The van der Waals surface area contributed by atoms with Crippen LogP contribution in [0.15, 0.2) is 52.1 Å². The predicted molar refractivity (Wildman–Crippen MR) is 147 cm³/mol. The second-order valence-corrected chi connectivity index (χ2v) is 11.1. The Morgan fingerprint density at radius 2 is 1.92 bits per heavy atom. The van der Waals surface area contributed by atoms with E-state index in [-0.39, 0.29) is 23.7 Å². The first kappa shape index (κ1) is 25.6. The third kappa shape index (κ3) is 4.59. The molecule has 2 aromatic carbocycles. The van der Waals surface area contributed by atoms with Crippen LogP contribution in [0.4, 0.5) is 4.39 Å². The van der Waals surface area contributed by atoms with Gasteiger partial charge in [-0.05, 0) is 91.1 Å². The van der Waals surface area contributed by atoms with Crippen LogP contribution in [0.25, 0.3) is 16.6 Å². The van der Waals surface area contributed by atoms with Crippen LogP contribution in [0.3, 0.4) is 0 Å². The number of aryl methyl sites for hydroxylation is 1. The molecule has 0 spiro atoms. The second-order valence-electron chi connectivity index (χ2n) is 9.84. The van der Waals surface area contributed by atoms with Crippen molar-refractivity contribution in [1.82, 2.24) is 9.13 Å². The molecule has 1 saturated carbocycles. The molecule has 2 heterocycles. The first-order valence-electron chi connectivity index (χ1n) is 12.2. The van der Waals surface area contributed by atoms with Crippen molar-refractivity contribution < 1.29 is 19.2 Å². The van der Waals surface area contributed by atoms with E-state index in [2.05, 4.69) is 0 Å². The van der Waals surface area contributed by atoms with E-state index < -0.39 is 23.2 Å². The summed E-state index contributed by atoms with van der Waals surface area (Å²) in [5, 5.41) is 21.3. The Hall–Kier alpha value is -3.05. The van der Waals surface area contributed by atoms with Gasteiger partial charge in [0.25, 0.3) is 5.56 Å². The second kappa shape index (κ2) is 9.68. The number of aliphatic hydroxyl groups is 1. The Labute approximate surface area is 226 Å². The lowest BCUT2D eigenvalue weighted by Gasteiger charge is -2.18. The van der Waals surface area contributed by atoms with E-state index in [9.17, 15) is 24.2 Å². The van der Waals surface area contributed by atoms with E-state index in [0.29, 0.717) is 34.4 Å². The Balaban J connectivity index is 1.89. The normalized spacial score (nSPS) is 14.3. The highest BCUT2D eigenvalue weighted by atomic mass is 127. The fraction of sp³-hybridized carbons (Fsp3) is 0.321. The number of hydrogen-bond acceptors (Lipinski definition) is 4. The first-order valence-corrected chi connectivity index (χ1v) is 13.3. The number of aliphatic hydroxyl groups excluding tert-OH is 1. The number of pyridine rings is 1. The largest absolute Gasteiger partial charge is 0.460 e. The fourth-order valence-electron chi connectivity index (χ4n) is 5.00. The molecule has 5 rings (SSSR count). The number of fused-ring (bicyclic) bond motifs is 1. The third-order valence-corrected chi connectivity index (χ3v) is 7.65. The number of hydrogen-bond donors (Lipinski definition) is 2. The van der Waals surface area contributed by atoms with Crippen molar-refractivity contribution in [1.29, 1.82) is 0 Å². The molecule has 7 nitrogen and oxygen atoms in total. The van der Waals surface area contributed by atoms with Gasteiger partial charge in [-0.1, -0.05) is 18.2 Å². The lowest BCUT2D eigenvalue weighted by molar-refractivity contribution is -0.683. The van der Waals surface area contributed by atoms with Gasteiger partial charge in [-0.2, -0.15) is 4.57 Å². The maximum Gasteiger partial charge on any atom is 0.370 e. The number of halogens is 2. The van der Waals surface area contributed by atoms with Crippen LogP contribution in [-0.4, -0.2) is 25.5 Å². The monoisotopic (exact) mass is 616 g/mol. The number of aromatic nitrogens is 3. The Morgan fingerprint density at radius 1 is 1.19 bits per heavy atom. The smallest absolute Gasteiger partial charge is 0.370 e. The molecule has 0 saturated heterocycles. The quantitative estimate of drug-likeness (QED) is 0.256. The van der Waals surface area contributed by atoms with Crippen LogP contribution in [-0.2, 0) is 19.9 Å². The third-order valence-electron chi connectivity index (χ3n) is 6.98.